The zero-order chi connectivity index (χ0) is 14.7. The predicted octanol–water partition coefficient (Wildman–Crippen LogP) is 4.44. The first-order valence-electron chi connectivity index (χ1n) is 7.61. The molecule has 2 rings (SSSR count). The van der Waals surface area contributed by atoms with E-state index < -0.39 is 0 Å². The Balaban J connectivity index is 2.09. The van der Waals surface area contributed by atoms with Gasteiger partial charge in [0, 0.05) is 11.1 Å². The van der Waals surface area contributed by atoms with Crippen molar-refractivity contribution in [2.24, 2.45) is 11.8 Å². The lowest BCUT2D eigenvalue weighted by Crippen LogP contribution is -2.46. The van der Waals surface area contributed by atoms with Crippen LogP contribution in [0.3, 0.4) is 0 Å². The summed E-state index contributed by atoms with van der Waals surface area (Å²) in [6, 6.07) is 6.37. The van der Waals surface area contributed by atoms with E-state index in [-0.39, 0.29) is 6.10 Å². The van der Waals surface area contributed by atoms with E-state index in [2.05, 4.69) is 19.2 Å². The maximum Gasteiger partial charge on any atom is 0.120 e. The Hall–Kier alpha value is -0.730. The monoisotopic (exact) mass is 295 g/mol. The second kappa shape index (κ2) is 6.82. The molecular formula is C17H26ClNO. The first-order chi connectivity index (χ1) is 9.51. The molecule has 0 aromatic heterocycles. The van der Waals surface area contributed by atoms with Gasteiger partial charge in [-0.2, -0.15) is 0 Å². The normalized spacial score (nSPS) is 26.8. The fraction of sp³-hybridized carbons (Fsp3) is 0.647. The maximum absolute atomic E-state index is 6.25. The molecule has 0 spiro atoms. The highest BCUT2D eigenvalue weighted by molar-refractivity contribution is 6.31. The Morgan fingerprint density at radius 1 is 1.30 bits per heavy atom. The van der Waals surface area contributed by atoms with Crippen molar-refractivity contribution < 1.29 is 4.74 Å². The van der Waals surface area contributed by atoms with Crippen LogP contribution in [0.4, 0.5) is 0 Å². The molecule has 112 valence electrons. The molecule has 1 N–H and O–H groups in total. The molecule has 0 aliphatic heterocycles. The Morgan fingerprint density at radius 2 is 2.05 bits per heavy atom. The lowest BCUT2D eigenvalue weighted by atomic mass is 9.78. The van der Waals surface area contributed by atoms with Gasteiger partial charge in [-0.05, 0) is 68.8 Å². The van der Waals surface area contributed by atoms with Gasteiger partial charge in [0.15, 0.2) is 0 Å². The summed E-state index contributed by atoms with van der Waals surface area (Å²) < 4.78 is 6.25. The van der Waals surface area contributed by atoms with Crippen molar-refractivity contribution in [2.75, 3.05) is 7.05 Å². The quantitative estimate of drug-likeness (QED) is 0.886. The Kier molecular flexibility index (Phi) is 5.34. The number of hydrogen-bond acceptors (Lipinski definition) is 2. The molecule has 3 atom stereocenters. The first-order valence-corrected chi connectivity index (χ1v) is 7.99. The molecule has 3 heteroatoms. The molecule has 0 heterocycles. The summed E-state index contributed by atoms with van der Waals surface area (Å²) in [5.74, 6) is 2.42. The second-order valence-electron chi connectivity index (χ2n) is 6.28. The molecule has 1 aliphatic rings. The van der Waals surface area contributed by atoms with Crippen molar-refractivity contribution in [1.29, 1.82) is 0 Å². The van der Waals surface area contributed by atoms with Gasteiger partial charge >= 0.3 is 0 Å². The number of aryl methyl sites for hydroxylation is 1. The summed E-state index contributed by atoms with van der Waals surface area (Å²) in [6.07, 6.45) is 3.87. The number of ether oxygens (including phenoxy) is 1. The number of benzene rings is 1. The molecule has 1 saturated carbocycles. The highest BCUT2D eigenvalue weighted by Gasteiger charge is 2.32. The smallest absolute Gasteiger partial charge is 0.120 e. The third kappa shape index (κ3) is 3.67. The van der Waals surface area contributed by atoms with Crippen LogP contribution in [0.15, 0.2) is 18.2 Å². The topological polar surface area (TPSA) is 21.3 Å². The number of hydrogen-bond donors (Lipinski definition) is 1. The van der Waals surface area contributed by atoms with Crippen LogP contribution in [0, 0.1) is 18.8 Å². The van der Waals surface area contributed by atoms with E-state index in [0.717, 1.165) is 34.6 Å². The fourth-order valence-electron chi connectivity index (χ4n) is 3.09. The van der Waals surface area contributed by atoms with E-state index in [0.29, 0.717) is 6.04 Å². The lowest BCUT2D eigenvalue weighted by Gasteiger charge is -2.37. The van der Waals surface area contributed by atoms with Crippen LogP contribution < -0.4 is 10.1 Å². The third-order valence-corrected chi connectivity index (χ3v) is 4.99. The Labute approximate surface area is 127 Å². The van der Waals surface area contributed by atoms with Gasteiger partial charge in [0.2, 0.25) is 0 Å². The molecule has 20 heavy (non-hydrogen) atoms. The minimum absolute atomic E-state index is 0.252. The summed E-state index contributed by atoms with van der Waals surface area (Å²) in [7, 11) is 2.03. The molecule has 1 aromatic rings. The third-order valence-electron chi connectivity index (χ3n) is 4.56. The summed E-state index contributed by atoms with van der Waals surface area (Å²) >= 11 is 6.08. The molecule has 0 radical (unpaired) electrons. The van der Waals surface area contributed by atoms with Gasteiger partial charge in [0.05, 0.1) is 0 Å². The van der Waals surface area contributed by atoms with Crippen LogP contribution in [0.5, 0.6) is 5.75 Å². The van der Waals surface area contributed by atoms with Gasteiger partial charge in [-0.3, -0.25) is 0 Å². The predicted molar refractivity (Wildman–Crippen MR) is 85.6 cm³/mol. The lowest BCUT2D eigenvalue weighted by molar-refractivity contribution is 0.0749. The van der Waals surface area contributed by atoms with Crippen molar-refractivity contribution in [3.63, 3.8) is 0 Å². The average molecular weight is 296 g/mol. The molecule has 0 saturated heterocycles. The molecule has 0 amide bonds. The standard InChI is InChI=1S/C17H26ClNO/c1-11(2)13-5-8-16(19-4)17(10-13)20-14-6-7-15(18)12(3)9-14/h6-7,9,11,13,16-17,19H,5,8,10H2,1-4H3. The first kappa shape index (κ1) is 15.7. The SMILES string of the molecule is CNC1CCC(C(C)C)CC1Oc1ccc(Cl)c(C)c1. The van der Waals surface area contributed by atoms with Crippen molar-refractivity contribution in [1.82, 2.24) is 5.32 Å². The average Bonchev–Trinajstić information content (AvgIpc) is 2.42. The van der Waals surface area contributed by atoms with Crippen molar-refractivity contribution in [2.45, 2.75) is 52.2 Å². The molecule has 1 aromatic carbocycles. The van der Waals surface area contributed by atoms with E-state index in [9.17, 15) is 0 Å². The molecule has 1 fully saturated rings. The van der Waals surface area contributed by atoms with Gasteiger partial charge < -0.3 is 10.1 Å². The van der Waals surface area contributed by atoms with E-state index in [1.807, 2.05) is 32.2 Å². The number of rotatable bonds is 4. The second-order valence-corrected chi connectivity index (χ2v) is 6.69. The Bertz CT molecular complexity index is 447. The minimum Gasteiger partial charge on any atom is -0.489 e. The van der Waals surface area contributed by atoms with Gasteiger partial charge in [-0.15, -0.1) is 0 Å². The molecule has 3 unspecified atom stereocenters. The largest absolute Gasteiger partial charge is 0.489 e. The van der Waals surface area contributed by atoms with Crippen LogP contribution in [0.1, 0.15) is 38.7 Å². The highest BCUT2D eigenvalue weighted by atomic mass is 35.5. The number of halogens is 1. The van der Waals surface area contributed by atoms with Crippen LogP contribution in [-0.2, 0) is 0 Å². The zero-order valence-electron chi connectivity index (χ0n) is 12.9. The van der Waals surface area contributed by atoms with Crippen LogP contribution in [0.25, 0.3) is 0 Å². The maximum atomic E-state index is 6.25. The van der Waals surface area contributed by atoms with Crippen LogP contribution in [-0.4, -0.2) is 19.2 Å². The molecule has 1 aliphatic carbocycles. The summed E-state index contributed by atoms with van der Waals surface area (Å²) in [6.45, 7) is 6.64. The number of nitrogens with one attached hydrogen (secondary N) is 1. The summed E-state index contributed by atoms with van der Waals surface area (Å²) in [5.41, 5.74) is 1.07. The van der Waals surface area contributed by atoms with Crippen LogP contribution >= 0.6 is 11.6 Å². The molecular weight excluding hydrogens is 270 g/mol. The number of likely N-dealkylation sites (N-methyl/N-ethyl adjacent to an activating group) is 1. The van der Waals surface area contributed by atoms with Crippen molar-refractivity contribution in [3.8, 4) is 5.75 Å². The molecule has 2 nitrogen and oxygen atoms in total. The van der Waals surface area contributed by atoms with Gasteiger partial charge in [-0.1, -0.05) is 25.4 Å². The molecule has 0 bridgehead atoms. The summed E-state index contributed by atoms with van der Waals surface area (Å²) in [4.78, 5) is 0. The van der Waals surface area contributed by atoms with E-state index in [4.69, 9.17) is 16.3 Å². The van der Waals surface area contributed by atoms with Crippen molar-refractivity contribution in [3.05, 3.63) is 28.8 Å². The van der Waals surface area contributed by atoms with Gasteiger partial charge in [0.25, 0.3) is 0 Å². The van der Waals surface area contributed by atoms with Gasteiger partial charge in [-0.25, -0.2) is 0 Å². The van der Waals surface area contributed by atoms with Crippen LogP contribution in [0.2, 0.25) is 5.02 Å². The van der Waals surface area contributed by atoms with Crippen molar-refractivity contribution >= 4 is 11.6 Å². The van der Waals surface area contributed by atoms with E-state index in [1.54, 1.807) is 0 Å². The zero-order valence-corrected chi connectivity index (χ0v) is 13.7. The minimum atomic E-state index is 0.252. The van der Waals surface area contributed by atoms with E-state index >= 15 is 0 Å². The highest BCUT2D eigenvalue weighted by Crippen LogP contribution is 2.33. The summed E-state index contributed by atoms with van der Waals surface area (Å²) in [5, 5.41) is 4.21. The van der Waals surface area contributed by atoms with Gasteiger partial charge in [0.1, 0.15) is 11.9 Å². The van der Waals surface area contributed by atoms with E-state index in [1.165, 1.54) is 12.8 Å². The fourth-order valence-corrected chi connectivity index (χ4v) is 3.21. The Morgan fingerprint density at radius 3 is 2.65 bits per heavy atom.